The van der Waals surface area contributed by atoms with E-state index in [1.54, 1.807) is 23.1 Å². The monoisotopic (exact) mass is 362 g/mol. The van der Waals surface area contributed by atoms with Gasteiger partial charge in [-0.1, -0.05) is 12.1 Å². The molecule has 1 fully saturated rings. The first-order chi connectivity index (χ1) is 11.8. The summed E-state index contributed by atoms with van der Waals surface area (Å²) in [7, 11) is 0. The largest absolute Gasteiger partial charge is 0.396 e. The summed E-state index contributed by atoms with van der Waals surface area (Å²) in [6, 6.07) is 11.5. The third kappa shape index (κ3) is 4.83. The van der Waals surface area contributed by atoms with Crippen LogP contribution in [0.5, 0.6) is 0 Å². The van der Waals surface area contributed by atoms with Gasteiger partial charge in [0.1, 0.15) is 0 Å². The second kappa shape index (κ2) is 9.02. The van der Waals surface area contributed by atoms with E-state index in [-0.39, 0.29) is 6.61 Å². The molecule has 3 nitrogen and oxygen atoms in total. The molecule has 0 aliphatic carbocycles. The van der Waals surface area contributed by atoms with E-state index in [0.717, 1.165) is 39.1 Å². The molecule has 24 heavy (non-hydrogen) atoms. The normalized spacial score (nSPS) is 19.7. The molecule has 0 saturated carbocycles. The van der Waals surface area contributed by atoms with Gasteiger partial charge in [-0.2, -0.15) is 11.3 Å². The van der Waals surface area contributed by atoms with Crippen LogP contribution in [0.15, 0.2) is 46.0 Å². The summed E-state index contributed by atoms with van der Waals surface area (Å²) < 4.78 is 0. The number of thioether (sulfide) groups is 1. The summed E-state index contributed by atoms with van der Waals surface area (Å²) in [4.78, 5) is 6.40. The number of benzene rings is 1. The van der Waals surface area contributed by atoms with E-state index in [4.69, 9.17) is 0 Å². The van der Waals surface area contributed by atoms with Crippen molar-refractivity contribution in [3.05, 3.63) is 52.2 Å². The summed E-state index contributed by atoms with van der Waals surface area (Å²) in [5, 5.41) is 13.8. The van der Waals surface area contributed by atoms with Crippen LogP contribution in [0.3, 0.4) is 0 Å². The lowest BCUT2D eigenvalue weighted by Gasteiger charge is -2.41. The van der Waals surface area contributed by atoms with Crippen molar-refractivity contribution in [1.82, 2.24) is 9.80 Å². The van der Waals surface area contributed by atoms with Crippen LogP contribution in [0.4, 0.5) is 0 Å². The van der Waals surface area contributed by atoms with Crippen molar-refractivity contribution in [1.29, 1.82) is 0 Å². The van der Waals surface area contributed by atoms with Crippen molar-refractivity contribution < 1.29 is 5.11 Å². The van der Waals surface area contributed by atoms with E-state index in [9.17, 15) is 5.11 Å². The van der Waals surface area contributed by atoms with Crippen molar-refractivity contribution in [2.24, 2.45) is 0 Å². The first-order valence-corrected chi connectivity index (χ1v) is 10.7. The van der Waals surface area contributed by atoms with Crippen molar-refractivity contribution in [2.75, 3.05) is 32.5 Å². The fourth-order valence-corrected chi connectivity index (χ4v) is 4.52. The number of thiophene rings is 1. The van der Waals surface area contributed by atoms with Gasteiger partial charge in [0.05, 0.1) is 0 Å². The summed E-state index contributed by atoms with van der Waals surface area (Å²) in [6.07, 6.45) is 2.98. The maximum atomic E-state index is 9.46. The van der Waals surface area contributed by atoms with Gasteiger partial charge in [0, 0.05) is 50.3 Å². The smallest absolute Gasteiger partial charge is 0.0446 e. The lowest BCUT2D eigenvalue weighted by atomic mass is 10.1. The SMILES string of the molecule is CSc1cccc(CN2CCN(Cc3ccsc3)C(CCO)C2)c1. The van der Waals surface area contributed by atoms with Crippen LogP contribution in [-0.4, -0.2) is 53.4 Å². The molecule has 1 aliphatic rings. The van der Waals surface area contributed by atoms with E-state index in [2.05, 4.69) is 57.1 Å². The van der Waals surface area contributed by atoms with Crippen LogP contribution >= 0.6 is 23.1 Å². The lowest BCUT2D eigenvalue weighted by Crippen LogP contribution is -2.52. The molecular formula is C19H26N2OS2. The van der Waals surface area contributed by atoms with Crippen molar-refractivity contribution in [3.8, 4) is 0 Å². The number of piperazine rings is 1. The van der Waals surface area contributed by atoms with Gasteiger partial charge in [-0.15, -0.1) is 11.8 Å². The summed E-state index contributed by atoms with van der Waals surface area (Å²) in [5.74, 6) is 0. The van der Waals surface area contributed by atoms with Gasteiger partial charge in [-0.05, 0) is 52.8 Å². The second-order valence-electron chi connectivity index (χ2n) is 6.35. The van der Waals surface area contributed by atoms with Crippen molar-refractivity contribution in [2.45, 2.75) is 30.4 Å². The highest BCUT2D eigenvalue weighted by atomic mass is 32.2. The molecule has 0 amide bonds. The third-order valence-electron chi connectivity index (χ3n) is 4.66. The quantitative estimate of drug-likeness (QED) is 0.762. The number of aliphatic hydroxyl groups is 1. The molecule has 2 aromatic rings. The van der Waals surface area contributed by atoms with Gasteiger partial charge in [-0.25, -0.2) is 0 Å². The Morgan fingerprint density at radius 3 is 2.88 bits per heavy atom. The zero-order valence-corrected chi connectivity index (χ0v) is 15.9. The summed E-state index contributed by atoms with van der Waals surface area (Å²) in [6.45, 7) is 5.47. The molecule has 1 unspecified atom stereocenters. The van der Waals surface area contributed by atoms with E-state index >= 15 is 0 Å². The number of rotatable bonds is 7. The van der Waals surface area contributed by atoms with Gasteiger partial charge in [0.15, 0.2) is 0 Å². The van der Waals surface area contributed by atoms with Crippen LogP contribution in [0.2, 0.25) is 0 Å². The minimum Gasteiger partial charge on any atom is -0.396 e. The maximum absolute atomic E-state index is 9.46. The standard InChI is InChI=1S/C19H26N2OS2/c1-23-19-4-2-3-16(11-19)12-20-7-8-21(18(14-20)5-9-22)13-17-6-10-24-15-17/h2-4,6,10-11,15,18,22H,5,7-9,12-14H2,1H3. The van der Waals surface area contributed by atoms with Crippen molar-refractivity contribution >= 4 is 23.1 Å². The average molecular weight is 363 g/mol. The summed E-state index contributed by atoms with van der Waals surface area (Å²) in [5.41, 5.74) is 2.78. The Labute approximate surface area is 153 Å². The van der Waals surface area contributed by atoms with Gasteiger partial charge in [-0.3, -0.25) is 9.80 Å². The molecule has 130 valence electrons. The Hall–Kier alpha value is -0.850. The zero-order valence-electron chi connectivity index (χ0n) is 14.2. The number of aliphatic hydroxyl groups excluding tert-OH is 1. The van der Waals surface area contributed by atoms with Crippen LogP contribution in [-0.2, 0) is 13.1 Å². The Kier molecular flexibility index (Phi) is 6.75. The first kappa shape index (κ1) is 18.0. The molecule has 1 N–H and O–H groups in total. The van der Waals surface area contributed by atoms with Gasteiger partial charge in [0.25, 0.3) is 0 Å². The zero-order chi connectivity index (χ0) is 16.8. The van der Waals surface area contributed by atoms with Crippen LogP contribution < -0.4 is 0 Å². The Balaban J connectivity index is 1.61. The Bertz CT molecular complexity index is 618. The topological polar surface area (TPSA) is 26.7 Å². The molecule has 1 aliphatic heterocycles. The van der Waals surface area contributed by atoms with Crippen LogP contribution in [0.1, 0.15) is 17.5 Å². The van der Waals surface area contributed by atoms with Gasteiger partial charge >= 0.3 is 0 Å². The van der Waals surface area contributed by atoms with Crippen molar-refractivity contribution in [3.63, 3.8) is 0 Å². The molecule has 1 aromatic carbocycles. The Morgan fingerprint density at radius 2 is 2.12 bits per heavy atom. The number of nitrogens with zero attached hydrogens (tertiary/aromatic N) is 2. The molecule has 1 atom stereocenters. The van der Waals surface area contributed by atoms with Crippen LogP contribution in [0.25, 0.3) is 0 Å². The molecule has 1 saturated heterocycles. The van der Waals surface area contributed by atoms with E-state index in [0.29, 0.717) is 6.04 Å². The highest BCUT2D eigenvalue weighted by molar-refractivity contribution is 7.98. The fraction of sp³-hybridized carbons (Fsp3) is 0.474. The average Bonchev–Trinajstić information content (AvgIpc) is 3.11. The van der Waals surface area contributed by atoms with Gasteiger partial charge in [0.2, 0.25) is 0 Å². The van der Waals surface area contributed by atoms with E-state index < -0.39 is 0 Å². The molecule has 1 aromatic heterocycles. The maximum Gasteiger partial charge on any atom is 0.0446 e. The minimum atomic E-state index is 0.264. The second-order valence-corrected chi connectivity index (χ2v) is 8.01. The number of hydrogen-bond acceptors (Lipinski definition) is 5. The predicted molar refractivity (Wildman–Crippen MR) is 104 cm³/mol. The van der Waals surface area contributed by atoms with Gasteiger partial charge < -0.3 is 5.11 Å². The fourth-order valence-electron chi connectivity index (χ4n) is 3.38. The molecule has 0 bridgehead atoms. The Morgan fingerprint density at radius 1 is 1.21 bits per heavy atom. The van der Waals surface area contributed by atoms with Crippen LogP contribution in [0, 0.1) is 0 Å². The molecule has 0 radical (unpaired) electrons. The molecule has 5 heteroatoms. The van der Waals surface area contributed by atoms with E-state index in [1.165, 1.54) is 16.0 Å². The molecule has 2 heterocycles. The first-order valence-electron chi connectivity index (χ1n) is 8.49. The highest BCUT2D eigenvalue weighted by Gasteiger charge is 2.26. The lowest BCUT2D eigenvalue weighted by molar-refractivity contribution is 0.0500. The predicted octanol–water partition coefficient (Wildman–Crippen LogP) is 3.54. The van der Waals surface area contributed by atoms with E-state index in [1.807, 2.05) is 0 Å². The minimum absolute atomic E-state index is 0.264. The molecule has 3 rings (SSSR count). The summed E-state index contributed by atoms with van der Waals surface area (Å²) >= 11 is 3.56. The highest BCUT2D eigenvalue weighted by Crippen LogP contribution is 2.21. The molecular weight excluding hydrogens is 336 g/mol. The molecule has 0 spiro atoms. The number of hydrogen-bond donors (Lipinski definition) is 1. The third-order valence-corrected chi connectivity index (χ3v) is 6.11.